The molecule has 0 bridgehead atoms. The standard InChI is InChI=1S/C12H22BrN/c1-10-3-2-4-11(7-10)8-14-6-5-12(13)9-14/h10-12H,2-9H2,1H3. The van der Waals surface area contributed by atoms with E-state index >= 15 is 0 Å². The van der Waals surface area contributed by atoms with Crippen LogP contribution in [0.15, 0.2) is 0 Å². The molecule has 1 aliphatic heterocycles. The quantitative estimate of drug-likeness (QED) is 0.689. The second-order valence-electron chi connectivity index (χ2n) is 5.28. The van der Waals surface area contributed by atoms with E-state index in [9.17, 15) is 0 Å². The third-order valence-electron chi connectivity index (χ3n) is 3.78. The second-order valence-corrected chi connectivity index (χ2v) is 6.58. The van der Waals surface area contributed by atoms with Gasteiger partial charge < -0.3 is 4.90 Å². The van der Waals surface area contributed by atoms with E-state index in [0.29, 0.717) is 0 Å². The Morgan fingerprint density at radius 2 is 2.14 bits per heavy atom. The van der Waals surface area contributed by atoms with Gasteiger partial charge in [0.1, 0.15) is 0 Å². The molecule has 2 heteroatoms. The third kappa shape index (κ3) is 2.96. The molecule has 0 radical (unpaired) electrons. The van der Waals surface area contributed by atoms with Gasteiger partial charge >= 0.3 is 0 Å². The fourth-order valence-corrected chi connectivity index (χ4v) is 3.66. The summed E-state index contributed by atoms with van der Waals surface area (Å²) in [4.78, 5) is 3.42. The third-order valence-corrected chi connectivity index (χ3v) is 4.52. The van der Waals surface area contributed by atoms with Crippen LogP contribution in [0.1, 0.15) is 39.0 Å². The zero-order chi connectivity index (χ0) is 9.97. The van der Waals surface area contributed by atoms with Crippen molar-refractivity contribution in [2.24, 2.45) is 11.8 Å². The molecular weight excluding hydrogens is 238 g/mol. The summed E-state index contributed by atoms with van der Waals surface area (Å²) in [5.74, 6) is 1.98. The molecule has 1 saturated carbocycles. The molecule has 1 heterocycles. The highest BCUT2D eigenvalue weighted by Crippen LogP contribution is 2.30. The minimum absolute atomic E-state index is 0.767. The van der Waals surface area contributed by atoms with Crippen LogP contribution < -0.4 is 0 Å². The number of likely N-dealkylation sites (tertiary alicyclic amines) is 1. The van der Waals surface area contributed by atoms with Gasteiger partial charge in [-0.25, -0.2) is 0 Å². The molecule has 0 aromatic rings. The molecule has 0 aromatic carbocycles. The first kappa shape index (κ1) is 10.9. The number of rotatable bonds is 2. The van der Waals surface area contributed by atoms with Crippen LogP contribution in [-0.2, 0) is 0 Å². The molecule has 1 saturated heterocycles. The normalized spacial score (nSPS) is 40.3. The zero-order valence-electron chi connectivity index (χ0n) is 9.21. The Labute approximate surface area is 96.4 Å². The van der Waals surface area contributed by atoms with Gasteiger partial charge in [-0.1, -0.05) is 35.7 Å². The lowest BCUT2D eigenvalue weighted by molar-refractivity contribution is 0.204. The Hall–Kier alpha value is 0.440. The van der Waals surface area contributed by atoms with Gasteiger partial charge in [-0.15, -0.1) is 0 Å². The lowest BCUT2D eigenvalue weighted by Crippen LogP contribution is -2.30. The van der Waals surface area contributed by atoms with Crippen molar-refractivity contribution in [3.05, 3.63) is 0 Å². The molecular formula is C12H22BrN. The van der Waals surface area contributed by atoms with Crippen molar-refractivity contribution in [2.45, 2.75) is 43.9 Å². The minimum Gasteiger partial charge on any atom is -0.302 e. The SMILES string of the molecule is CC1CCCC(CN2CCC(Br)C2)C1. The van der Waals surface area contributed by atoms with E-state index in [2.05, 4.69) is 27.8 Å². The zero-order valence-corrected chi connectivity index (χ0v) is 10.8. The molecule has 2 fully saturated rings. The maximum atomic E-state index is 3.71. The first-order valence-corrected chi connectivity index (χ1v) is 7.02. The minimum atomic E-state index is 0.767. The van der Waals surface area contributed by atoms with Crippen molar-refractivity contribution in [3.8, 4) is 0 Å². The molecule has 3 unspecified atom stereocenters. The first-order chi connectivity index (χ1) is 6.74. The summed E-state index contributed by atoms with van der Waals surface area (Å²) in [5.41, 5.74) is 0. The fraction of sp³-hybridized carbons (Fsp3) is 1.00. The van der Waals surface area contributed by atoms with Crippen molar-refractivity contribution in [2.75, 3.05) is 19.6 Å². The molecule has 1 aliphatic carbocycles. The maximum absolute atomic E-state index is 3.71. The molecule has 0 aromatic heterocycles. The monoisotopic (exact) mass is 259 g/mol. The summed E-state index contributed by atoms with van der Waals surface area (Å²) in [6, 6.07) is 0. The summed E-state index contributed by atoms with van der Waals surface area (Å²) in [5, 5.41) is 0. The highest BCUT2D eigenvalue weighted by Gasteiger charge is 2.25. The Morgan fingerprint density at radius 3 is 2.79 bits per heavy atom. The van der Waals surface area contributed by atoms with Crippen LogP contribution in [0.5, 0.6) is 0 Å². The van der Waals surface area contributed by atoms with E-state index in [0.717, 1.165) is 16.7 Å². The number of hydrogen-bond donors (Lipinski definition) is 0. The van der Waals surface area contributed by atoms with Gasteiger partial charge in [0.2, 0.25) is 0 Å². The molecule has 0 spiro atoms. The number of halogens is 1. The average molecular weight is 260 g/mol. The second kappa shape index (κ2) is 4.98. The van der Waals surface area contributed by atoms with Crippen LogP contribution in [0, 0.1) is 11.8 Å². The lowest BCUT2D eigenvalue weighted by atomic mass is 9.82. The molecule has 82 valence electrons. The Bertz CT molecular complexity index is 183. The average Bonchev–Trinajstić information content (AvgIpc) is 2.51. The van der Waals surface area contributed by atoms with E-state index in [1.807, 2.05) is 0 Å². The molecule has 2 aliphatic rings. The van der Waals surface area contributed by atoms with Crippen LogP contribution in [-0.4, -0.2) is 29.4 Å². The number of nitrogens with zero attached hydrogens (tertiary/aromatic N) is 1. The van der Waals surface area contributed by atoms with Crippen molar-refractivity contribution >= 4 is 15.9 Å². The van der Waals surface area contributed by atoms with Crippen molar-refractivity contribution in [1.82, 2.24) is 4.90 Å². The topological polar surface area (TPSA) is 3.24 Å². The van der Waals surface area contributed by atoms with Crippen LogP contribution in [0.25, 0.3) is 0 Å². The molecule has 0 amide bonds. The molecule has 2 rings (SSSR count). The van der Waals surface area contributed by atoms with E-state index in [1.165, 1.54) is 51.7 Å². The molecule has 14 heavy (non-hydrogen) atoms. The largest absolute Gasteiger partial charge is 0.302 e. The van der Waals surface area contributed by atoms with E-state index < -0.39 is 0 Å². The number of hydrogen-bond acceptors (Lipinski definition) is 1. The summed E-state index contributed by atoms with van der Waals surface area (Å²) in [6.07, 6.45) is 7.24. The van der Waals surface area contributed by atoms with Gasteiger partial charge in [0.25, 0.3) is 0 Å². The summed E-state index contributed by atoms with van der Waals surface area (Å²) < 4.78 is 0. The Balaban J connectivity index is 1.74. The highest BCUT2D eigenvalue weighted by atomic mass is 79.9. The van der Waals surface area contributed by atoms with Gasteiger partial charge in [0.05, 0.1) is 0 Å². The summed E-state index contributed by atoms with van der Waals surface area (Å²) >= 11 is 3.71. The smallest absolute Gasteiger partial charge is 0.0285 e. The van der Waals surface area contributed by atoms with Gasteiger partial charge in [0.15, 0.2) is 0 Å². The van der Waals surface area contributed by atoms with Gasteiger partial charge in [0, 0.05) is 17.9 Å². The Kier molecular flexibility index (Phi) is 3.89. The van der Waals surface area contributed by atoms with Crippen molar-refractivity contribution in [1.29, 1.82) is 0 Å². The number of alkyl halides is 1. The maximum Gasteiger partial charge on any atom is 0.0285 e. The molecule has 3 atom stereocenters. The molecule has 1 nitrogen and oxygen atoms in total. The van der Waals surface area contributed by atoms with Gasteiger partial charge in [-0.3, -0.25) is 0 Å². The van der Waals surface area contributed by atoms with Crippen molar-refractivity contribution < 1.29 is 0 Å². The molecule has 0 N–H and O–H groups in total. The van der Waals surface area contributed by atoms with E-state index in [-0.39, 0.29) is 0 Å². The Morgan fingerprint density at radius 1 is 1.29 bits per heavy atom. The lowest BCUT2D eigenvalue weighted by Gasteiger charge is -2.30. The van der Waals surface area contributed by atoms with Crippen molar-refractivity contribution in [3.63, 3.8) is 0 Å². The van der Waals surface area contributed by atoms with E-state index in [4.69, 9.17) is 0 Å². The van der Waals surface area contributed by atoms with E-state index in [1.54, 1.807) is 0 Å². The van der Waals surface area contributed by atoms with Gasteiger partial charge in [-0.2, -0.15) is 0 Å². The predicted molar refractivity (Wildman–Crippen MR) is 64.9 cm³/mol. The summed E-state index contributed by atoms with van der Waals surface area (Å²) in [6.45, 7) is 6.39. The fourth-order valence-electron chi connectivity index (χ4n) is 3.04. The predicted octanol–water partition coefficient (Wildman–Crippen LogP) is 3.28. The van der Waals surface area contributed by atoms with Crippen LogP contribution in [0.3, 0.4) is 0 Å². The van der Waals surface area contributed by atoms with Gasteiger partial charge in [-0.05, 0) is 37.6 Å². The van der Waals surface area contributed by atoms with Crippen LogP contribution in [0.4, 0.5) is 0 Å². The first-order valence-electron chi connectivity index (χ1n) is 6.10. The highest BCUT2D eigenvalue weighted by molar-refractivity contribution is 9.09. The van der Waals surface area contributed by atoms with Crippen LogP contribution in [0.2, 0.25) is 0 Å². The van der Waals surface area contributed by atoms with Crippen LogP contribution >= 0.6 is 15.9 Å². The summed E-state index contributed by atoms with van der Waals surface area (Å²) in [7, 11) is 0.